The van der Waals surface area contributed by atoms with Crippen molar-refractivity contribution < 1.29 is 4.74 Å². The van der Waals surface area contributed by atoms with Gasteiger partial charge in [0.2, 0.25) is 0 Å². The Bertz CT molecular complexity index is 833. The minimum atomic E-state index is 0.487. The molecule has 1 N–H and O–H groups in total. The first-order valence-electron chi connectivity index (χ1n) is 9.06. The van der Waals surface area contributed by atoms with Crippen molar-refractivity contribution in [1.29, 1.82) is 0 Å². The lowest BCUT2D eigenvalue weighted by atomic mass is 9.99. The van der Waals surface area contributed by atoms with Gasteiger partial charge in [-0.15, -0.1) is 10.2 Å². The summed E-state index contributed by atoms with van der Waals surface area (Å²) in [5.74, 6) is 2.61. The first kappa shape index (κ1) is 16.7. The Morgan fingerprint density at radius 2 is 2.19 bits per heavy atom. The van der Waals surface area contributed by atoms with Crippen molar-refractivity contribution in [3.63, 3.8) is 0 Å². The summed E-state index contributed by atoms with van der Waals surface area (Å²) in [6.45, 7) is 3.33. The molecule has 1 aliphatic rings. The molecule has 134 valence electrons. The van der Waals surface area contributed by atoms with E-state index in [1.54, 1.807) is 6.20 Å². The zero-order chi connectivity index (χ0) is 17.6. The number of aromatic nitrogens is 4. The summed E-state index contributed by atoms with van der Waals surface area (Å²) in [4.78, 5) is 4.28. The number of ether oxygens (including phenoxy) is 1. The predicted octanol–water partition coefficient (Wildman–Crippen LogP) is 2.60. The van der Waals surface area contributed by atoms with E-state index in [0.29, 0.717) is 12.5 Å². The summed E-state index contributed by atoms with van der Waals surface area (Å²) in [7, 11) is 0. The zero-order valence-corrected chi connectivity index (χ0v) is 14.7. The molecule has 4 rings (SSSR count). The Hall–Kier alpha value is -2.73. The van der Waals surface area contributed by atoms with Gasteiger partial charge in [-0.3, -0.25) is 4.98 Å². The second-order valence-electron chi connectivity index (χ2n) is 6.69. The van der Waals surface area contributed by atoms with Crippen LogP contribution in [-0.4, -0.2) is 26.3 Å². The van der Waals surface area contributed by atoms with E-state index in [4.69, 9.17) is 4.74 Å². The molecular formula is C20H23N5O. The first-order valence-corrected chi connectivity index (χ1v) is 9.06. The number of hydrogen-bond acceptors (Lipinski definition) is 5. The van der Waals surface area contributed by atoms with E-state index in [9.17, 15) is 0 Å². The van der Waals surface area contributed by atoms with Crippen molar-refractivity contribution in [2.24, 2.45) is 5.92 Å². The number of aryl methyl sites for hydroxylation is 1. The fourth-order valence-corrected chi connectivity index (χ4v) is 3.30. The van der Waals surface area contributed by atoms with Crippen LogP contribution in [0, 0.1) is 5.92 Å². The highest BCUT2D eigenvalue weighted by Crippen LogP contribution is 2.18. The van der Waals surface area contributed by atoms with Crippen LogP contribution in [0.15, 0.2) is 55.0 Å². The molecule has 0 bridgehead atoms. The van der Waals surface area contributed by atoms with E-state index in [1.165, 1.54) is 12.0 Å². The lowest BCUT2D eigenvalue weighted by molar-refractivity contribution is 0.301. The Balaban J connectivity index is 1.25. The van der Waals surface area contributed by atoms with Crippen LogP contribution in [0.5, 0.6) is 5.75 Å². The van der Waals surface area contributed by atoms with Gasteiger partial charge in [-0.25, -0.2) is 0 Å². The fourth-order valence-electron chi connectivity index (χ4n) is 3.30. The molecule has 0 fully saturated rings. The molecular weight excluding hydrogens is 326 g/mol. The third kappa shape index (κ3) is 4.26. The summed E-state index contributed by atoms with van der Waals surface area (Å²) in [5, 5.41) is 11.7. The quantitative estimate of drug-likeness (QED) is 0.710. The van der Waals surface area contributed by atoms with Gasteiger partial charge in [-0.2, -0.15) is 0 Å². The van der Waals surface area contributed by atoms with E-state index >= 15 is 0 Å². The minimum Gasteiger partial charge on any atom is -0.487 e. The number of rotatable bonds is 7. The molecule has 0 aliphatic carbocycles. The molecule has 1 atom stereocenters. The highest BCUT2D eigenvalue weighted by atomic mass is 16.5. The third-order valence-electron chi connectivity index (χ3n) is 4.70. The van der Waals surface area contributed by atoms with Crippen LogP contribution in [0.25, 0.3) is 0 Å². The third-order valence-corrected chi connectivity index (χ3v) is 4.70. The fraction of sp³-hybridized carbons (Fsp3) is 0.350. The maximum Gasteiger partial charge on any atom is 0.132 e. The van der Waals surface area contributed by atoms with Crippen LogP contribution in [-0.2, 0) is 26.1 Å². The van der Waals surface area contributed by atoms with Gasteiger partial charge < -0.3 is 14.6 Å². The number of fused-ring (bicyclic) bond motifs is 1. The lowest BCUT2D eigenvalue weighted by Crippen LogP contribution is -2.29. The van der Waals surface area contributed by atoms with Gasteiger partial charge in [-0.1, -0.05) is 18.2 Å². The molecule has 0 spiro atoms. The highest BCUT2D eigenvalue weighted by molar-refractivity contribution is 5.28. The first-order chi connectivity index (χ1) is 12.9. The van der Waals surface area contributed by atoms with Crippen LogP contribution >= 0.6 is 0 Å². The summed E-state index contributed by atoms with van der Waals surface area (Å²) < 4.78 is 8.02. The van der Waals surface area contributed by atoms with E-state index in [2.05, 4.69) is 37.2 Å². The molecule has 6 heteroatoms. The van der Waals surface area contributed by atoms with Crippen molar-refractivity contribution in [3.8, 4) is 5.75 Å². The predicted molar refractivity (Wildman–Crippen MR) is 98.6 cm³/mol. The molecule has 0 saturated heterocycles. The second-order valence-corrected chi connectivity index (χ2v) is 6.69. The Kier molecular flexibility index (Phi) is 5.21. The molecule has 2 aromatic heterocycles. The zero-order valence-electron chi connectivity index (χ0n) is 14.7. The number of pyridine rings is 1. The molecule has 6 nitrogen and oxygen atoms in total. The van der Waals surface area contributed by atoms with Crippen molar-refractivity contribution in [3.05, 3.63) is 72.1 Å². The molecule has 1 aromatic carbocycles. The van der Waals surface area contributed by atoms with Crippen molar-refractivity contribution in [2.45, 2.75) is 32.5 Å². The SMILES string of the molecule is c1ccc(COc2cccc(CNC[C@@H]3CCc4nncn4C3)c2)nc1. The average molecular weight is 349 g/mol. The molecule has 0 radical (unpaired) electrons. The van der Waals surface area contributed by atoms with E-state index in [1.807, 2.05) is 36.7 Å². The van der Waals surface area contributed by atoms with Crippen LogP contribution in [0.2, 0.25) is 0 Å². The Morgan fingerprint density at radius 3 is 3.12 bits per heavy atom. The number of hydrogen-bond donors (Lipinski definition) is 1. The summed E-state index contributed by atoms with van der Waals surface area (Å²) in [6.07, 6.45) is 5.80. The monoisotopic (exact) mass is 349 g/mol. The Morgan fingerprint density at radius 1 is 1.19 bits per heavy atom. The standard InChI is InChI=1S/C20H23N5O/c1-2-9-22-18(5-1)14-26-19-6-3-4-16(10-19)11-21-12-17-7-8-20-24-23-15-25(20)13-17/h1-6,9-10,15,17,21H,7-8,11-14H2/t17-/m0/s1. The van der Waals surface area contributed by atoms with Crippen molar-refractivity contribution >= 4 is 0 Å². The van der Waals surface area contributed by atoms with E-state index in [-0.39, 0.29) is 0 Å². The minimum absolute atomic E-state index is 0.487. The van der Waals surface area contributed by atoms with Crippen molar-refractivity contribution in [2.75, 3.05) is 6.54 Å². The summed E-state index contributed by atoms with van der Waals surface area (Å²) >= 11 is 0. The molecule has 26 heavy (non-hydrogen) atoms. The lowest BCUT2D eigenvalue weighted by Gasteiger charge is -2.23. The molecule has 0 saturated carbocycles. The van der Waals surface area contributed by atoms with Gasteiger partial charge in [0.05, 0.1) is 5.69 Å². The largest absolute Gasteiger partial charge is 0.487 e. The molecule has 0 unspecified atom stereocenters. The second kappa shape index (κ2) is 8.10. The topological polar surface area (TPSA) is 64.9 Å². The smallest absolute Gasteiger partial charge is 0.132 e. The maximum atomic E-state index is 5.85. The molecule has 1 aliphatic heterocycles. The van der Waals surface area contributed by atoms with Crippen LogP contribution in [0.3, 0.4) is 0 Å². The van der Waals surface area contributed by atoms with Gasteiger partial charge in [0.25, 0.3) is 0 Å². The van der Waals surface area contributed by atoms with Gasteiger partial charge in [-0.05, 0) is 48.7 Å². The van der Waals surface area contributed by atoms with Gasteiger partial charge in [0, 0.05) is 25.7 Å². The number of benzene rings is 1. The highest BCUT2D eigenvalue weighted by Gasteiger charge is 2.18. The summed E-state index contributed by atoms with van der Waals surface area (Å²) in [5.41, 5.74) is 2.16. The molecule has 3 aromatic rings. The van der Waals surface area contributed by atoms with E-state index < -0.39 is 0 Å². The van der Waals surface area contributed by atoms with Gasteiger partial charge in [0.15, 0.2) is 0 Å². The van der Waals surface area contributed by atoms with Crippen LogP contribution in [0.1, 0.15) is 23.5 Å². The normalized spacial score (nSPS) is 16.2. The van der Waals surface area contributed by atoms with Crippen LogP contribution in [0.4, 0.5) is 0 Å². The summed E-state index contributed by atoms with van der Waals surface area (Å²) in [6, 6.07) is 14.1. The Labute approximate surface area is 153 Å². The maximum absolute atomic E-state index is 5.85. The van der Waals surface area contributed by atoms with Crippen molar-refractivity contribution in [1.82, 2.24) is 25.1 Å². The van der Waals surface area contributed by atoms with E-state index in [0.717, 1.165) is 43.3 Å². The number of nitrogens with one attached hydrogen (secondary N) is 1. The van der Waals surface area contributed by atoms with Gasteiger partial charge in [0.1, 0.15) is 24.5 Å². The molecule has 0 amide bonds. The average Bonchev–Trinajstić information content (AvgIpc) is 3.15. The van der Waals surface area contributed by atoms with Crippen LogP contribution < -0.4 is 10.1 Å². The number of nitrogens with zero attached hydrogens (tertiary/aromatic N) is 4. The van der Waals surface area contributed by atoms with Gasteiger partial charge >= 0.3 is 0 Å². The molecule has 3 heterocycles.